The van der Waals surface area contributed by atoms with Crippen LogP contribution >= 0.6 is 0 Å². The number of sulfonamides is 1. The largest absolute Gasteiger partial charge is 0.494 e. The topological polar surface area (TPSA) is 96.0 Å². The normalized spacial score (nSPS) is 12.0. The third kappa shape index (κ3) is 8.58. The van der Waals surface area contributed by atoms with E-state index in [-0.39, 0.29) is 12.5 Å². The summed E-state index contributed by atoms with van der Waals surface area (Å²) in [5.74, 6) is -0.134. The molecule has 0 heterocycles. The molecule has 35 heavy (non-hydrogen) atoms. The van der Waals surface area contributed by atoms with Gasteiger partial charge in [-0.2, -0.15) is 0 Å². The summed E-state index contributed by atoms with van der Waals surface area (Å²) in [7, 11) is -3.77. The SMILES string of the molecule is CCCCNC(=O)C(C)N(Cc1cccc(C)c1)C(=O)CN(c1ccc(OCC)cc1)S(C)(=O)=O. The zero-order valence-corrected chi connectivity index (χ0v) is 22.1. The fourth-order valence-electron chi connectivity index (χ4n) is 3.61. The van der Waals surface area contributed by atoms with Gasteiger partial charge in [0.2, 0.25) is 21.8 Å². The van der Waals surface area contributed by atoms with Crippen LogP contribution in [-0.4, -0.2) is 57.1 Å². The molecular formula is C26H37N3O5S. The molecule has 0 spiro atoms. The van der Waals surface area contributed by atoms with Crippen LogP contribution in [0.25, 0.3) is 0 Å². The van der Waals surface area contributed by atoms with Crippen molar-refractivity contribution in [3.8, 4) is 5.75 Å². The molecule has 192 valence electrons. The molecule has 0 aromatic heterocycles. The van der Waals surface area contributed by atoms with E-state index in [1.165, 1.54) is 4.90 Å². The van der Waals surface area contributed by atoms with Crippen molar-refractivity contribution < 1.29 is 22.7 Å². The van der Waals surface area contributed by atoms with E-state index in [9.17, 15) is 18.0 Å². The minimum atomic E-state index is -3.77. The van der Waals surface area contributed by atoms with Gasteiger partial charge >= 0.3 is 0 Å². The molecule has 1 atom stereocenters. The van der Waals surface area contributed by atoms with Crippen molar-refractivity contribution in [3.63, 3.8) is 0 Å². The predicted molar refractivity (Wildman–Crippen MR) is 139 cm³/mol. The molecule has 2 rings (SSSR count). The zero-order chi connectivity index (χ0) is 26.0. The van der Waals surface area contributed by atoms with Crippen LogP contribution in [-0.2, 0) is 26.2 Å². The average molecular weight is 504 g/mol. The van der Waals surface area contributed by atoms with Crippen LogP contribution in [0.5, 0.6) is 5.75 Å². The number of hydrogen-bond acceptors (Lipinski definition) is 5. The molecule has 2 aromatic carbocycles. The minimum absolute atomic E-state index is 0.184. The quantitative estimate of drug-likeness (QED) is 0.422. The number of ether oxygens (including phenoxy) is 1. The first kappa shape index (κ1) is 28.2. The lowest BCUT2D eigenvalue weighted by atomic mass is 10.1. The van der Waals surface area contributed by atoms with E-state index >= 15 is 0 Å². The van der Waals surface area contributed by atoms with Gasteiger partial charge in [0.25, 0.3) is 0 Å². The second kappa shape index (κ2) is 13.1. The standard InChI is InChI=1S/C26H37N3O5S/c1-6-8-16-27-26(31)21(4)28(18-22-11-9-10-20(3)17-22)25(30)19-29(35(5,32)33)23-12-14-24(15-13-23)34-7-2/h9-15,17,21H,6-8,16,18-19H2,1-5H3,(H,27,31). The highest BCUT2D eigenvalue weighted by molar-refractivity contribution is 7.92. The number of amides is 2. The first-order chi connectivity index (χ1) is 16.6. The molecule has 1 unspecified atom stereocenters. The maximum Gasteiger partial charge on any atom is 0.244 e. The van der Waals surface area contributed by atoms with Crippen molar-refractivity contribution >= 4 is 27.5 Å². The van der Waals surface area contributed by atoms with E-state index in [1.54, 1.807) is 31.2 Å². The van der Waals surface area contributed by atoms with Crippen LogP contribution in [0, 0.1) is 6.92 Å². The van der Waals surface area contributed by atoms with Crippen molar-refractivity contribution in [2.24, 2.45) is 0 Å². The van der Waals surface area contributed by atoms with E-state index in [0.717, 1.165) is 34.5 Å². The third-order valence-electron chi connectivity index (χ3n) is 5.55. The third-order valence-corrected chi connectivity index (χ3v) is 6.69. The summed E-state index contributed by atoms with van der Waals surface area (Å²) in [5.41, 5.74) is 2.24. The Hall–Kier alpha value is -3.07. The molecule has 0 saturated heterocycles. The monoisotopic (exact) mass is 503 g/mol. The molecule has 0 radical (unpaired) electrons. The van der Waals surface area contributed by atoms with E-state index < -0.39 is 28.5 Å². The molecule has 0 aliphatic carbocycles. The van der Waals surface area contributed by atoms with Crippen molar-refractivity contribution in [1.29, 1.82) is 0 Å². The number of nitrogens with one attached hydrogen (secondary N) is 1. The van der Waals surface area contributed by atoms with Crippen LogP contribution in [0.4, 0.5) is 5.69 Å². The van der Waals surface area contributed by atoms with Crippen molar-refractivity contribution in [2.45, 2.75) is 53.1 Å². The molecule has 0 aliphatic heterocycles. The number of rotatable bonds is 13. The highest BCUT2D eigenvalue weighted by atomic mass is 32.2. The Morgan fingerprint density at radius 2 is 1.77 bits per heavy atom. The number of benzene rings is 2. The molecule has 2 amide bonds. The molecule has 0 aliphatic rings. The molecule has 1 N–H and O–H groups in total. The van der Waals surface area contributed by atoms with Crippen LogP contribution in [0.3, 0.4) is 0 Å². The number of unbranched alkanes of at least 4 members (excludes halogenated alkanes) is 1. The Morgan fingerprint density at radius 1 is 1.09 bits per heavy atom. The lowest BCUT2D eigenvalue weighted by molar-refractivity contribution is -0.139. The zero-order valence-electron chi connectivity index (χ0n) is 21.3. The number of hydrogen-bond donors (Lipinski definition) is 1. The molecule has 8 nitrogen and oxygen atoms in total. The van der Waals surface area contributed by atoms with Gasteiger partial charge in [-0.1, -0.05) is 43.2 Å². The lowest BCUT2D eigenvalue weighted by Crippen LogP contribution is -2.51. The van der Waals surface area contributed by atoms with Crippen molar-refractivity contribution in [3.05, 3.63) is 59.7 Å². The van der Waals surface area contributed by atoms with Gasteiger partial charge in [-0.05, 0) is 57.0 Å². The van der Waals surface area contributed by atoms with Gasteiger partial charge in [0, 0.05) is 13.1 Å². The Labute approximate surface area is 209 Å². The summed E-state index contributed by atoms with van der Waals surface area (Å²) >= 11 is 0. The maximum atomic E-state index is 13.5. The van der Waals surface area contributed by atoms with E-state index in [2.05, 4.69) is 5.32 Å². The van der Waals surface area contributed by atoms with Crippen LogP contribution in [0.15, 0.2) is 48.5 Å². The summed E-state index contributed by atoms with van der Waals surface area (Å²) in [6.07, 6.45) is 2.83. The van der Waals surface area contributed by atoms with Crippen LogP contribution in [0.1, 0.15) is 44.7 Å². The van der Waals surface area contributed by atoms with Gasteiger partial charge in [0.1, 0.15) is 18.3 Å². The highest BCUT2D eigenvalue weighted by Crippen LogP contribution is 2.22. The molecule has 0 saturated carbocycles. The molecule has 0 fully saturated rings. The summed E-state index contributed by atoms with van der Waals surface area (Å²) in [4.78, 5) is 27.8. The summed E-state index contributed by atoms with van der Waals surface area (Å²) in [6, 6.07) is 13.4. The van der Waals surface area contributed by atoms with Gasteiger partial charge in [0.05, 0.1) is 18.6 Å². The van der Waals surface area contributed by atoms with Gasteiger partial charge in [0.15, 0.2) is 0 Å². The fraction of sp³-hybridized carbons (Fsp3) is 0.462. The predicted octanol–water partition coefficient (Wildman–Crippen LogP) is 3.49. The lowest BCUT2D eigenvalue weighted by Gasteiger charge is -2.31. The molecule has 9 heteroatoms. The second-order valence-electron chi connectivity index (χ2n) is 8.53. The van der Waals surface area contributed by atoms with E-state index in [0.29, 0.717) is 24.6 Å². The van der Waals surface area contributed by atoms with Gasteiger partial charge in [-0.3, -0.25) is 13.9 Å². The fourth-order valence-corrected chi connectivity index (χ4v) is 4.46. The van der Waals surface area contributed by atoms with Crippen LogP contribution < -0.4 is 14.4 Å². The van der Waals surface area contributed by atoms with Crippen molar-refractivity contribution in [1.82, 2.24) is 10.2 Å². The first-order valence-electron chi connectivity index (χ1n) is 11.9. The summed E-state index contributed by atoms with van der Waals surface area (Å²) < 4.78 is 31.7. The molecule has 0 bridgehead atoms. The number of carbonyl (C=O) groups excluding carboxylic acids is 2. The maximum absolute atomic E-state index is 13.5. The average Bonchev–Trinajstić information content (AvgIpc) is 2.80. The van der Waals surface area contributed by atoms with E-state index in [4.69, 9.17) is 4.74 Å². The number of anilines is 1. The smallest absolute Gasteiger partial charge is 0.244 e. The van der Waals surface area contributed by atoms with E-state index in [1.807, 2.05) is 45.0 Å². The molecule has 2 aromatic rings. The summed E-state index contributed by atoms with van der Waals surface area (Å²) in [6.45, 7) is 8.27. The van der Waals surface area contributed by atoms with Crippen molar-refractivity contribution in [2.75, 3.05) is 30.3 Å². The first-order valence-corrected chi connectivity index (χ1v) is 13.7. The number of nitrogens with zero attached hydrogens (tertiary/aromatic N) is 2. The van der Waals surface area contributed by atoms with Gasteiger partial charge in [-0.25, -0.2) is 8.42 Å². The highest BCUT2D eigenvalue weighted by Gasteiger charge is 2.30. The van der Waals surface area contributed by atoms with Crippen LogP contribution in [0.2, 0.25) is 0 Å². The number of aryl methyl sites for hydroxylation is 1. The Kier molecular flexibility index (Phi) is 10.6. The molecular weight excluding hydrogens is 466 g/mol. The van der Waals surface area contributed by atoms with Gasteiger partial charge < -0.3 is 15.0 Å². The Bertz CT molecular complexity index is 1090. The summed E-state index contributed by atoms with van der Waals surface area (Å²) in [5, 5.41) is 2.87. The second-order valence-corrected chi connectivity index (χ2v) is 10.4. The Balaban J connectivity index is 2.33. The van der Waals surface area contributed by atoms with Gasteiger partial charge in [-0.15, -0.1) is 0 Å². The minimum Gasteiger partial charge on any atom is -0.494 e. The Morgan fingerprint density at radius 3 is 2.34 bits per heavy atom. The number of carbonyl (C=O) groups is 2.